The van der Waals surface area contributed by atoms with E-state index < -0.39 is 0 Å². The van der Waals surface area contributed by atoms with Gasteiger partial charge in [-0.15, -0.1) is 0 Å². The highest BCUT2D eigenvalue weighted by atomic mass is 16.5. The predicted molar refractivity (Wildman–Crippen MR) is 70.4 cm³/mol. The van der Waals surface area contributed by atoms with E-state index in [1.807, 2.05) is 0 Å². The summed E-state index contributed by atoms with van der Waals surface area (Å²) in [6, 6.07) is 0. The zero-order chi connectivity index (χ0) is 13.2. The van der Waals surface area contributed by atoms with E-state index in [1.165, 1.54) is 12.8 Å². The van der Waals surface area contributed by atoms with E-state index in [1.54, 1.807) is 0 Å². The number of ether oxygens (including phenoxy) is 3. The van der Waals surface area contributed by atoms with Crippen molar-refractivity contribution in [3.8, 4) is 0 Å². The Morgan fingerprint density at radius 2 is 0.882 bits per heavy atom. The minimum Gasteiger partial charge on any atom is -0.400 e. The fraction of sp³-hybridized carbons (Fsp3) is 1.00. The zero-order valence-corrected chi connectivity index (χ0v) is 11.7. The summed E-state index contributed by atoms with van der Waals surface area (Å²) in [7, 11) is 1.00. The highest BCUT2D eigenvalue weighted by Crippen LogP contribution is 1.89. The number of aliphatic hydroxyl groups excluding tert-OH is 1. The molecule has 0 aliphatic rings. The van der Waals surface area contributed by atoms with E-state index in [0.717, 1.165) is 33.2 Å². The largest absolute Gasteiger partial charge is 0.400 e. The van der Waals surface area contributed by atoms with Gasteiger partial charge in [0.1, 0.15) is 0 Å². The molecule has 0 amide bonds. The van der Waals surface area contributed by atoms with Crippen LogP contribution in [0, 0.1) is 0 Å². The summed E-state index contributed by atoms with van der Waals surface area (Å²) in [4.78, 5) is 0. The maximum atomic E-state index is 7.00. The zero-order valence-electron chi connectivity index (χ0n) is 11.7. The molecule has 0 saturated heterocycles. The summed E-state index contributed by atoms with van der Waals surface area (Å²) in [5, 5.41) is 7.00. The number of aliphatic hydroxyl groups is 1. The molecule has 4 nitrogen and oxygen atoms in total. The Balaban J connectivity index is 0. The molecular formula is C13H30O4. The standard InChI is InChI=1S/C12H26O3.CH4O/c1-3-5-7-13-9-11-15-12-10-14-8-6-4-2;1-2/h3-12H2,1-2H3;2H,1H3. The van der Waals surface area contributed by atoms with Crippen molar-refractivity contribution >= 4 is 0 Å². The van der Waals surface area contributed by atoms with Crippen LogP contribution in [-0.2, 0) is 14.2 Å². The van der Waals surface area contributed by atoms with Crippen molar-refractivity contribution in [3.63, 3.8) is 0 Å². The van der Waals surface area contributed by atoms with Crippen molar-refractivity contribution in [3.05, 3.63) is 0 Å². The topological polar surface area (TPSA) is 47.9 Å². The smallest absolute Gasteiger partial charge is 0.0701 e. The van der Waals surface area contributed by atoms with E-state index in [9.17, 15) is 0 Å². The minimum absolute atomic E-state index is 0.681. The van der Waals surface area contributed by atoms with E-state index in [4.69, 9.17) is 19.3 Å². The molecule has 4 heteroatoms. The van der Waals surface area contributed by atoms with Gasteiger partial charge < -0.3 is 19.3 Å². The summed E-state index contributed by atoms with van der Waals surface area (Å²) >= 11 is 0. The highest BCUT2D eigenvalue weighted by Gasteiger charge is 1.90. The van der Waals surface area contributed by atoms with Crippen LogP contribution >= 0.6 is 0 Å². The maximum Gasteiger partial charge on any atom is 0.0701 e. The summed E-state index contributed by atoms with van der Waals surface area (Å²) in [6.45, 7) is 8.80. The predicted octanol–water partition coefficient (Wildman–Crippen LogP) is 2.24. The molecule has 0 radical (unpaired) electrons. The van der Waals surface area contributed by atoms with Crippen LogP contribution in [0.2, 0.25) is 0 Å². The van der Waals surface area contributed by atoms with Gasteiger partial charge in [-0.25, -0.2) is 0 Å². The molecule has 0 aromatic rings. The Morgan fingerprint density at radius 3 is 1.18 bits per heavy atom. The maximum absolute atomic E-state index is 7.00. The van der Waals surface area contributed by atoms with Crippen LogP contribution < -0.4 is 0 Å². The minimum atomic E-state index is 0.681. The molecule has 0 spiro atoms. The normalized spacial score (nSPS) is 9.88. The number of hydrogen-bond donors (Lipinski definition) is 1. The molecular weight excluding hydrogens is 220 g/mol. The molecule has 0 heterocycles. The first-order chi connectivity index (χ1) is 8.41. The van der Waals surface area contributed by atoms with Gasteiger partial charge in [0.25, 0.3) is 0 Å². The molecule has 1 N–H and O–H groups in total. The lowest BCUT2D eigenvalue weighted by molar-refractivity contribution is 0.0136. The summed E-state index contributed by atoms with van der Waals surface area (Å²) < 4.78 is 16.1. The summed E-state index contributed by atoms with van der Waals surface area (Å²) in [6.07, 6.45) is 4.65. The van der Waals surface area contributed by atoms with Crippen LogP contribution in [0.25, 0.3) is 0 Å². The first kappa shape index (κ1) is 19.2. The van der Waals surface area contributed by atoms with Crippen LogP contribution in [-0.4, -0.2) is 51.9 Å². The molecule has 0 rings (SSSR count). The molecule has 0 saturated carbocycles. The van der Waals surface area contributed by atoms with Crippen molar-refractivity contribution in [2.45, 2.75) is 39.5 Å². The quantitative estimate of drug-likeness (QED) is 0.540. The number of unbranched alkanes of at least 4 members (excludes halogenated alkanes) is 2. The Labute approximate surface area is 106 Å². The lowest BCUT2D eigenvalue weighted by atomic mass is 10.4. The van der Waals surface area contributed by atoms with Crippen molar-refractivity contribution in [2.24, 2.45) is 0 Å². The third-order valence-electron chi connectivity index (χ3n) is 2.03. The fourth-order valence-corrected chi connectivity index (χ4v) is 1.03. The lowest BCUT2D eigenvalue weighted by Gasteiger charge is -2.06. The Kier molecular flexibility index (Phi) is 23.9. The van der Waals surface area contributed by atoms with Crippen molar-refractivity contribution in [1.29, 1.82) is 0 Å². The van der Waals surface area contributed by atoms with Crippen LogP contribution in [0.4, 0.5) is 0 Å². The monoisotopic (exact) mass is 250 g/mol. The average Bonchev–Trinajstić information content (AvgIpc) is 2.38. The van der Waals surface area contributed by atoms with Gasteiger partial charge in [0, 0.05) is 20.3 Å². The van der Waals surface area contributed by atoms with Gasteiger partial charge in [-0.2, -0.15) is 0 Å². The van der Waals surface area contributed by atoms with Crippen molar-refractivity contribution in [2.75, 3.05) is 46.8 Å². The summed E-state index contributed by atoms with van der Waals surface area (Å²) in [5.74, 6) is 0. The number of rotatable bonds is 12. The van der Waals surface area contributed by atoms with E-state index in [-0.39, 0.29) is 0 Å². The van der Waals surface area contributed by atoms with Crippen LogP contribution in [0.5, 0.6) is 0 Å². The molecule has 0 unspecified atom stereocenters. The fourth-order valence-electron chi connectivity index (χ4n) is 1.03. The Bertz CT molecular complexity index is 97.6. The first-order valence-corrected chi connectivity index (χ1v) is 6.59. The van der Waals surface area contributed by atoms with E-state index in [2.05, 4.69) is 13.8 Å². The van der Waals surface area contributed by atoms with Gasteiger partial charge in [0.15, 0.2) is 0 Å². The van der Waals surface area contributed by atoms with Gasteiger partial charge in [0.05, 0.1) is 26.4 Å². The lowest BCUT2D eigenvalue weighted by Crippen LogP contribution is -2.10. The van der Waals surface area contributed by atoms with Crippen LogP contribution in [0.15, 0.2) is 0 Å². The van der Waals surface area contributed by atoms with Crippen LogP contribution in [0.3, 0.4) is 0 Å². The molecule has 0 aliphatic carbocycles. The van der Waals surface area contributed by atoms with Gasteiger partial charge in [-0.1, -0.05) is 26.7 Å². The Hall–Kier alpha value is -0.160. The molecule has 0 fully saturated rings. The molecule has 0 aliphatic heterocycles. The molecule has 0 aromatic carbocycles. The molecule has 0 bridgehead atoms. The van der Waals surface area contributed by atoms with Gasteiger partial charge in [-0.3, -0.25) is 0 Å². The molecule has 17 heavy (non-hydrogen) atoms. The van der Waals surface area contributed by atoms with Gasteiger partial charge in [-0.05, 0) is 12.8 Å². The van der Waals surface area contributed by atoms with Gasteiger partial charge in [0.2, 0.25) is 0 Å². The highest BCUT2D eigenvalue weighted by molar-refractivity contribution is 4.36. The SMILES string of the molecule is CCCCOCCOCCOCCCC.CO. The Morgan fingerprint density at radius 1 is 0.588 bits per heavy atom. The van der Waals surface area contributed by atoms with Gasteiger partial charge >= 0.3 is 0 Å². The number of hydrogen-bond acceptors (Lipinski definition) is 4. The second-order valence-electron chi connectivity index (χ2n) is 3.54. The third-order valence-corrected chi connectivity index (χ3v) is 2.03. The van der Waals surface area contributed by atoms with E-state index in [0.29, 0.717) is 26.4 Å². The van der Waals surface area contributed by atoms with Crippen LogP contribution in [0.1, 0.15) is 39.5 Å². The first-order valence-electron chi connectivity index (χ1n) is 6.59. The average molecular weight is 250 g/mol. The van der Waals surface area contributed by atoms with E-state index >= 15 is 0 Å². The van der Waals surface area contributed by atoms with Crippen molar-refractivity contribution in [1.82, 2.24) is 0 Å². The molecule has 0 atom stereocenters. The van der Waals surface area contributed by atoms with Crippen molar-refractivity contribution < 1.29 is 19.3 Å². The molecule has 0 aromatic heterocycles. The second-order valence-corrected chi connectivity index (χ2v) is 3.54. The second kappa shape index (κ2) is 21.2. The molecule has 106 valence electrons. The third kappa shape index (κ3) is 21.6. The summed E-state index contributed by atoms with van der Waals surface area (Å²) in [5.41, 5.74) is 0.